The molecule has 1 amide bonds. The highest BCUT2D eigenvalue weighted by molar-refractivity contribution is 6.10. The monoisotopic (exact) mass is 386 g/mol. The van der Waals surface area contributed by atoms with Crippen LogP contribution in [0.25, 0.3) is 0 Å². The molecule has 1 N–H and O–H groups in total. The van der Waals surface area contributed by atoms with E-state index in [9.17, 15) is 9.59 Å². The first kappa shape index (κ1) is 20.7. The summed E-state index contributed by atoms with van der Waals surface area (Å²) >= 11 is 0. The van der Waals surface area contributed by atoms with E-state index in [0.29, 0.717) is 17.8 Å². The molecule has 3 rings (SSSR count). The summed E-state index contributed by atoms with van der Waals surface area (Å²) in [6, 6.07) is 6.95. The van der Waals surface area contributed by atoms with Gasteiger partial charge in [-0.25, -0.2) is 4.79 Å². The van der Waals surface area contributed by atoms with E-state index in [1.165, 1.54) is 6.42 Å². The van der Waals surface area contributed by atoms with Gasteiger partial charge in [0.2, 0.25) is 0 Å². The molecule has 0 saturated heterocycles. The molecule has 2 aliphatic rings. The molecule has 4 atom stereocenters. The number of esters is 1. The molecule has 1 aromatic rings. The number of carbonyl (C=O) groups is 2. The molecule has 4 unspecified atom stereocenters. The van der Waals surface area contributed by atoms with Crippen LogP contribution < -0.4 is 10.2 Å². The maximum atomic E-state index is 13.1. The molecular weight excluding hydrogens is 352 g/mol. The quantitative estimate of drug-likeness (QED) is 0.768. The summed E-state index contributed by atoms with van der Waals surface area (Å²) in [5.41, 5.74) is 0.815. The molecule has 1 aliphatic carbocycles. The fourth-order valence-electron chi connectivity index (χ4n) is 4.58. The Morgan fingerprint density at radius 2 is 1.89 bits per heavy atom. The number of amides is 1. The van der Waals surface area contributed by atoms with E-state index in [1.807, 2.05) is 38.1 Å². The minimum atomic E-state index is -0.775. The van der Waals surface area contributed by atoms with Gasteiger partial charge >= 0.3 is 5.97 Å². The number of hydrogen-bond donors (Lipinski definition) is 1. The number of anilines is 2. The van der Waals surface area contributed by atoms with Crippen molar-refractivity contribution in [2.24, 2.45) is 17.8 Å². The number of hydrogen-bond acceptors (Lipinski definition) is 4. The molecule has 28 heavy (non-hydrogen) atoms. The molecule has 0 spiro atoms. The number of carbonyl (C=O) groups excluding carboxylic acids is 2. The predicted octanol–water partition coefficient (Wildman–Crippen LogP) is 4.62. The number of nitrogens with one attached hydrogen (secondary N) is 1. The van der Waals surface area contributed by atoms with Gasteiger partial charge in [-0.2, -0.15) is 0 Å². The zero-order valence-electron chi connectivity index (χ0n) is 18.0. The maximum absolute atomic E-state index is 13.1. The summed E-state index contributed by atoms with van der Waals surface area (Å²) in [4.78, 5) is 27.8. The van der Waals surface area contributed by atoms with E-state index in [4.69, 9.17) is 4.74 Å². The summed E-state index contributed by atoms with van der Waals surface area (Å²) < 4.78 is 6.03. The van der Waals surface area contributed by atoms with E-state index >= 15 is 0 Å². The highest BCUT2D eigenvalue weighted by Gasteiger charge is 2.43. The maximum Gasteiger partial charge on any atom is 0.329 e. The predicted molar refractivity (Wildman–Crippen MR) is 112 cm³/mol. The Labute approximate surface area is 168 Å². The molecule has 0 aromatic heterocycles. The van der Waals surface area contributed by atoms with Crippen molar-refractivity contribution in [2.75, 3.05) is 10.2 Å². The average molecular weight is 387 g/mol. The van der Waals surface area contributed by atoms with Gasteiger partial charge in [-0.3, -0.25) is 9.69 Å². The normalized spacial score (nSPS) is 27.8. The third kappa shape index (κ3) is 3.89. The smallest absolute Gasteiger partial charge is 0.329 e. The van der Waals surface area contributed by atoms with Crippen molar-refractivity contribution >= 4 is 23.3 Å². The van der Waals surface area contributed by atoms with Crippen molar-refractivity contribution in [2.45, 2.75) is 78.5 Å². The van der Waals surface area contributed by atoms with Crippen LogP contribution in [0, 0.1) is 17.8 Å². The van der Waals surface area contributed by atoms with Gasteiger partial charge in [-0.1, -0.05) is 39.3 Å². The lowest BCUT2D eigenvalue weighted by Crippen LogP contribution is -2.58. The first-order valence-corrected chi connectivity index (χ1v) is 10.5. The van der Waals surface area contributed by atoms with E-state index in [1.54, 1.807) is 11.8 Å². The second kappa shape index (κ2) is 7.76. The van der Waals surface area contributed by atoms with Crippen LogP contribution in [0.2, 0.25) is 0 Å². The number of benzene rings is 1. The van der Waals surface area contributed by atoms with Crippen LogP contribution in [0.15, 0.2) is 24.3 Å². The lowest BCUT2D eigenvalue weighted by atomic mass is 9.75. The molecule has 0 radical (unpaired) electrons. The SMILES string of the molecule is CC1CCC(C(C)C)C(OC(=O)C(C)N2C(=O)C(C)(C)Nc3ccccc32)C1. The lowest BCUT2D eigenvalue weighted by Gasteiger charge is -2.43. The van der Waals surface area contributed by atoms with Crippen molar-refractivity contribution < 1.29 is 14.3 Å². The van der Waals surface area contributed by atoms with Crippen LogP contribution in [0.5, 0.6) is 0 Å². The van der Waals surface area contributed by atoms with Gasteiger partial charge in [-0.15, -0.1) is 0 Å². The molecule has 1 aliphatic heterocycles. The van der Waals surface area contributed by atoms with Gasteiger partial charge in [0.25, 0.3) is 5.91 Å². The van der Waals surface area contributed by atoms with Crippen LogP contribution in [0.3, 0.4) is 0 Å². The summed E-state index contributed by atoms with van der Waals surface area (Å²) in [5, 5.41) is 3.28. The Morgan fingerprint density at radius 3 is 2.57 bits per heavy atom. The standard InChI is InChI=1S/C23H34N2O3/c1-14(2)17-12-11-15(3)13-20(17)28-21(26)16(4)25-19-10-8-7-9-18(19)24-23(5,6)22(25)27/h7-10,14-17,20,24H,11-13H2,1-6H3. The molecule has 5 heteroatoms. The Kier molecular flexibility index (Phi) is 5.74. The van der Waals surface area contributed by atoms with Crippen molar-refractivity contribution in [3.05, 3.63) is 24.3 Å². The molecule has 154 valence electrons. The zero-order chi connectivity index (χ0) is 20.6. The number of ether oxygens (including phenoxy) is 1. The molecule has 1 heterocycles. The van der Waals surface area contributed by atoms with Crippen LogP contribution in [-0.2, 0) is 14.3 Å². The number of para-hydroxylation sites is 2. The van der Waals surface area contributed by atoms with Crippen LogP contribution in [0.4, 0.5) is 11.4 Å². The molecule has 5 nitrogen and oxygen atoms in total. The van der Waals surface area contributed by atoms with E-state index in [2.05, 4.69) is 26.1 Å². The summed E-state index contributed by atoms with van der Waals surface area (Å²) in [6.45, 7) is 12.1. The van der Waals surface area contributed by atoms with Gasteiger partial charge in [0.05, 0.1) is 11.4 Å². The van der Waals surface area contributed by atoms with E-state index in [0.717, 1.165) is 24.2 Å². The number of rotatable bonds is 4. The highest BCUT2D eigenvalue weighted by atomic mass is 16.5. The summed E-state index contributed by atoms with van der Waals surface area (Å²) in [6.07, 6.45) is 3.11. The fraction of sp³-hybridized carbons (Fsp3) is 0.652. The van der Waals surface area contributed by atoms with Gasteiger partial charge in [0, 0.05) is 0 Å². The van der Waals surface area contributed by atoms with Crippen LogP contribution in [0.1, 0.15) is 60.8 Å². The van der Waals surface area contributed by atoms with E-state index < -0.39 is 11.6 Å². The molecule has 1 fully saturated rings. The molecular formula is C23H34N2O3. The van der Waals surface area contributed by atoms with Gasteiger partial charge in [-0.05, 0) is 63.5 Å². The second-order valence-corrected chi connectivity index (χ2v) is 9.42. The second-order valence-electron chi connectivity index (χ2n) is 9.42. The topological polar surface area (TPSA) is 58.6 Å². The summed E-state index contributed by atoms with van der Waals surface area (Å²) in [5.74, 6) is 0.984. The Hall–Kier alpha value is -2.04. The minimum Gasteiger partial charge on any atom is -0.461 e. The third-order valence-corrected chi connectivity index (χ3v) is 6.32. The Bertz CT molecular complexity index is 743. The van der Waals surface area contributed by atoms with Gasteiger partial charge in [0.1, 0.15) is 17.7 Å². The van der Waals surface area contributed by atoms with Crippen molar-refractivity contribution in [1.82, 2.24) is 0 Å². The molecule has 1 aromatic carbocycles. The average Bonchev–Trinajstić information content (AvgIpc) is 2.61. The lowest BCUT2D eigenvalue weighted by molar-refractivity contribution is -0.158. The number of nitrogens with zero attached hydrogens (tertiary/aromatic N) is 1. The number of fused-ring (bicyclic) bond motifs is 1. The molecule has 1 saturated carbocycles. The Morgan fingerprint density at radius 1 is 1.21 bits per heavy atom. The minimum absolute atomic E-state index is 0.0695. The third-order valence-electron chi connectivity index (χ3n) is 6.32. The highest BCUT2D eigenvalue weighted by Crippen LogP contribution is 2.38. The van der Waals surface area contributed by atoms with Gasteiger partial charge in [0.15, 0.2) is 0 Å². The van der Waals surface area contributed by atoms with Crippen LogP contribution in [-0.4, -0.2) is 29.6 Å². The molecule has 0 bridgehead atoms. The first-order chi connectivity index (χ1) is 13.1. The zero-order valence-corrected chi connectivity index (χ0v) is 18.0. The van der Waals surface area contributed by atoms with Crippen molar-refractivity contribution in [3.8, 4) is 0 Å². The first-order valence-electron chi connectivity index (χ1n) is 10.5. The fourth-order valence-corrected chi connectivity index (χ4v) is 4.58. The van der Waals surface area contributed by atoms with Gasteiger partial charge < -0.3 is 10.1 Å². The Balaban J connectivity index is 1.83. The van der Waals surface area contributed by atoms with E-state index in [-0.39, 0.29) is 18.0 Å². The largest absolute Gasteiger partial charge is 0.461 e. The van der Waals surface area contributed by atoms with Crippen LogP contribution >= 0.6 is 0 Å². The van der Waals surface area contributed by atoms with Crippen molar-refractivity contribution in [3.63, 3.8) is 0 Å². The van der Waals surface area contributed by atoms with Crippen molar-refractivity contribution in [1.29, 1.82) is 0 Å². The summed E-state index contributed by atoms with van der Waals surface area (Å²) in [7, 11) is 0.